The summed E-state index contributed by atoms with van der Waals surface area (Å²) in [4.78, 5) is 18.8. The molecular weight excluding hydrogens is 404 g/mol. The Kier molecular flexibility index (Phi) is 6.03. The first-order chi connectivity index (χ1) is 15.6. The third kappa shape index (κ3) is 3.75. The number of nitrogens with one attached hydrogen (secondary N) is 1. The first kappa shape index (κ1) is 21.3. The van der Waals surface area contributed by atoms with Gasteiger partial charge in [0, 0.05) is 35.3 Å². The quantitative estimate of drug-likeness (QED) is 0.445. The summed E-state index contributed by atoms with van der Waals surface area (Å²) in [5.74, 6) is 1.16. The van der Waals surface area contributed by atoms with Crippen LogP contribution in [0.1, 0.15) is 27.5 Å². The Bertz CT molecular complexity index is 1210. The van der Waals surface area contributed by atoms with Crippen LogP contribution in [0.2, 0.25) is 0 Å². The number of methoxy groups -OCH3 is 3. The van der Waals surface area contributed by atoms with E-state index >= 15 is 0 Å². The first-order valence-electron chi connectivity index (χ1n) is 10.3. The Morgan fingerprint density at radius 3 is 2.12 bits per heavy atom. The van der Waals surface area contributed by atoms with Crippen molar-refractivity contribution < 1.29 is 19.0 Å². The molecule has 0 bridgehead atoms. The van der Waals surface area contributed by atoms with Crippen molar-refractivity contribution >= 4 is 16.8 Å². The second kappa shape index (κ2) is 9.06. The van der Waals surface area contributed by atoms with E-state index in [4.69, 9.17) is 14.2 Å². The van der Waals surface area contributed by atoms with Crippen LogP contribution in [-0.4, -0.2) is 44.2 Å². The van der Waals surface area contributed by atoms with Gasteiger partial charge in [0.15, 0.2) is 11.5 Å². The fraction of sp³-hybridized carbons (Fsp3) is 0.192. The van der Waals surface area contributed by atoms with Crippen LogP contribution in [0.15, 0.2) is 72.9 Å². The minimum atomic E-state index is -0.293. The van der Waals surface area contributed by atoms with Gasteiger partial charge in [0.05, 0.1) is 27.4 Å². The van der Waals surface area contributed by atoms with Crippen LogP contribution in [0.5, 0.6) is 17.2 Å². The van der Waals surface area contributed by atoms with E-state index in [1.807, 2.05) is 61.8 Å². The zero-order valence-corrected chi connectivity index (χ0v) is 18.6. The van der Waals surface area contributed by atoms with Gasteiger partial charge in [-0.15, -0.1) is 0 Å². The van der Waals surface area contributed by atoms with Crippen LogP contribution in [0.25, 0.3) is 10.9 Å². The summed E-state index contributed by atoms with van der Waals surface area (Å²) in [5.41, 5.74) is 3.51. The second-order valence-corrected chi connectivity index (χ2v) is 7.43. The van der Waals surface area contributed by atoms with Crippen LogP contribution in [-0.2, 0) is 0 Å². The topological polar surface area (TPSA) is 63.8 Å². The molecule has 0 aliphatic rings. The number of carbonyl (C=O) groups excluding carboxylic acids is 1. The summed E-state index contributed by atoms with van der Waals surface area (Å²) in [6.45, 7) is 0. The molecule has 4 rings (SSSR count). The predicted octanol–water partition coefficient (Wildman–Crippen LogP) is 5.06. The van der Waals surface area contributed by atoms with E-state index in [2.05, 4.69) is 11.1 Å². The molecule has 0 saturated heterocycles. The lowest BCUT2D eigenvalue weighted by Gasteiger charge is -2.29. The summed E-state index contributed by atoms with van der Waals surface area (Å²) in [7, 11) is 6.42. The SMILES string of the molecule is COc1cc(C(=O)N(C)[C@@H](c2ccccc2)c2c[nH]c3ccccc23)cc(OC)c1OC. The van der Waals surface area contributed by atoms with E-state index in [0.29, 0.717) is 22.8 Å². The molecular formula is C26H26N2O4. The van der Waals surface area contributed by atoms with Crippen molar-refractivity contribution in [1.82, 2.24) is 9.88 Å². The average Bonchev–Trinajstić information content (AvgIpc) is 3.27. The standard InChI is InChI=1S/C26H26N2O4/c1-28(26(29)18-14-22(30-2)25(32-4)23(15-18)31-3)24(17-10-6-5-7-11-17)20-16-27-21-13-9-8-12-19(20)21/h5-16,24,27H,1-4H3/t24-/m0/s1. The number of amides is 1. The molecule has 1 amide bonds. The summed E-state index contributed by atoms with van der Waals surface area (Å²) < 4.78 is 16.3. The van der Waals surface area contributed by atoms with Crippen molar-refractivity contribution in [2.45, 2.75) is 6.04 Å². The molecule has 1 atom stereocenters. The number of rotatable bonds is 7. The molecule has 1 heterocycles. The predicted molar refractivity (Wildman–Crippen MR) is 125 cm³/mol. The monoisotopic (exact) mass is 430 g/mol. The molecule has 0 fully saturated rings. The Labute approximate surface area is 187 Å². The van der Waals surface area contributed by atoms with Crippen molar-refractivity contribution in [2.75, 3.05) is 28.4 Å². The lowest BCUT2D eigenvalue weighted by molar-refractivity contribution is 0.0755. The highest BCUT2D eigenvalue weighted by Gasteiger charge is 2.28. The molecule has 6 heteroatoms. The van der Waals surface area contributed by atoms with Crippen molar-refractivity contribution in [3.8, 4) is 17.2 Å². The molecule has 1 aromatic heterocycles. The van der Waals surface area contributed by atoms with E-state index in [0.717, 1.165) is 22.0 Å². The molecule has 32 heavy (non-hydrogen) atoms. The molecule has 0 radical (unpaired) electrons. The number of ether oxygens (including phenoxy) is 3. The van der Waals surface area contributed by atoms with Gasteiger partial charge in [0.1, 0.15) is 0 Å². The van der Waals surface area contributed by atoms with E-state index < -0.39 is 0 Å². The Hall–Kier alpha value is -3.93. The van der Waals surface area contributed by atoms with Gasteiger partial charge in [-0.2, -0.15) is 0 Å². The minimum absolute atomic E-state index is 0.164. The highest BCUT2D eigenvalue weighted by atomic mass is 16.5. The van der Waals surface area contributed by atoms with Crippen LogP contribution < -0.4 is 14.2 Å². The van der Waals surface area contributed by atoms with Crippen molar-refractivity contribution in [2.24, 2.45) is 0 Å². The molecule has 0 saturated carbocycles. The minimum Gasteiger partial charge on any atom is -0.493 e. The molecule has 0 aliphatic carbocycles. The van der Waals surface area contributed by atoms with Crippen molar-refractivity contribution in [1.29, 1.82) is 0 Å². The number of carbonyl (C=O) groups is 1. The first-order valence-corrected chi connectivity index (χ1v) is 10.3. The molecule has 3 aromatic carbocycles. The van der Waals surface area contributed by atoms with Crippen molar-refractivity contribution in [3.05, 3.63) is 89.6 Å². The maximum absolute atomic E-state index is 13.7. The number of nitrogens with zero attached hydrogens (tertiary/aromatic N) is 1. The van der Waals surface area contributed by atoms with Gasteiger partial charge in [0.2, 0.25) is 5.75 Å². The smallest absolute Gasteiger partial charge is 0.254 e. The van der Waals surface area contributed by atoms with E-state index in [1.54, 1.807) is 17.0 Å². The Balaban J connectivity index is 1.82. The zero-order valence-electron chi connectivity index (χ0n) is 18.6. The van der Waals surface area contributed by atoms with Gasteiger partial charge >= 0.3 is 0 Å². The number of H-pyrrole nitrogens is 1. The summed E-state index contributed by atoms with van der Waals surface area (Å²) in [6, 6.07) is 21.1. The average molecular weight is 431 g/mol. The van der Waals surface area contributed by atoms with Gasteiger partial charge in [0.25, 0.3) is 5.91 Å². The number of hydrogen-bond donors (Lipinski definition) is 1. The summed E-state index contributed by atoms with van der Waals surface area (Å²) >= 11 is 0. The third-order valence-corrected chi connectivity index (χ3v) is 5.65. The number of benzene rings is 3. The Morgan fingerprint density at radius 1 is 0.875 bits per heavy atom. The number of para-hydroxylation sites is 1. The van der Waals surface area contributed by atoms with E-state index in [1.165, 1.54) is 21.3 Å². The number of fused-ring (bicyclic) bond motifs is 1. The maximum atomic E-state index is 13.7. The Morgan fingerprint density at radius 2 is 1.50 bits per heavy atom. The van der Waals surface area contributed by atoms with Gasteiger partial charge in [-0.05, 0) is 23.8 Å². The molecule has 6 nitrogen and oxygen atoms in total. The number of aromatic nitrogens is 1. The molecule has 4 aromatic rings. The zero-order chi connectivity index (χ0) is 22.7. The van der Waals surface area contributed by atoms with Gasteiger partial charge in [-0.1, -0.05) is 48.5 Å². The molecule has 1 N–H and O–H groups in total. The fourth-order valence-corrected chi connectivity index (χ4v) is 4.09. The van der Waals surface area contributed by atoms with Crippen molar-refractivity contribution in [3.63, 3.8) is 0 Å². The van der Waals surface area contributed by atoms with E-state index in [-0.39, 0.29) is 11.9 Å². The summed E-state index contributed by atoms with van der Waals surface area (Å²) in [6.07, 6.45) is 1.97. The van der Waals surface area contributed by atoms with Gasteiger partial charge < -0.3 is 24.1 Å². The summed E-state index contributed by atoms with van der Waals surface area (Å²) in [5, 5.41) is 1.07. The number of aromatic amines is 1. The molecule has 0 unspecified atom stereocenters. The lowest BCUT2D eigenvalue weighted by atomic mass is 9.96. The molecule has 0 spiro atoms. The fourth-order valence-electron chi connectivity index (χ4n) is 4.09. The molecule has 164 valence electrons. The largest absolute Gasteiger partial charge is 0.493 e. The highest BCUT2D eigenvalue weighted by molar-refractivity contribution is 5.96. The second-order valence-electron chi connectivity index (χ2n) is 7.43. The number of hydrogen-bond acceptors (Lipinski definition) is 4. The highest BCUT2D eigenvalue weighted by Crippen LogP contribution is 2.40. The maximum Gasteiger partial charge on any atom is 0.254 e. The van der Waals surface area contributed by atoms with Crippen LogP contribution >= 0.6 is 0 Å². The van der Waals surface area contributed by atoms with Gasteiger partial charge in [-0.3, -0.25) is 4.79 Å². The third-order valence-electron chi connectivity index (χ3n) is 5.65. The normalized spacial score (nSPS) is 11.8. The van der Waals surface area contributed by atoms with E-state index in [9.17, 15) is 4.79 Å². The van der Waals surface area contributed by atoms with Crippen LogP contribution in [0.3, 0.4) is 0 Å². The van der Waals surface area contributed by atoms with Gasteiger partial charge in [-0.25, -0.2) is 0 Å². The molecule has 0 aliphatic heterocycles. The van der Waals surface area contributed by atoms with Crippen LogP contribution in [0.4, 0.5) is 0 Å². The van der Waals surface area contributed by atoms with Crippen LogP contribution in [0, 0.1) is 0 Å². The lowest BCUT2D eigenvalue weighted by Crippen LogP contribution is -2.32.